The van der Waals surface area contributed by atoms with Crippen LogP contribution in [0.25, 0.3) is 6.08 Å². The number of aliphatic imine (C=N–C) groups is 1. The molecule has 1 aliphatic rings. The Morgan fingerprint density at radius 1 is 1.08 bits per heavy atom. The fourth-order valence-electron chi connectivity index (χ4n) is 4.53. The standard InChI is InChI=1S/C29H31FN4O4S/c1-4-7-21-8-5-11-27(28(21)31-2)39(36,37)32-23-14-12-22(13-15-23)29(35)34-18-16-33(17-19-34)20-24-25(30)9-6-10-26(24)38-3/h4-15,32H,2,16-20H2,1,3H3/b7-4-. The largest absolute Gasteiger partial charge is 0.496 e. The number of carbonyl (C=O) groups is 1. The number of piperazine rings is 1. The molecule has 0 spiro atoms. The molecule has 0 saturated carbocycles. The summed E-state index contributed by atoms with van der Waals surface area (Å²) in [5.41, 5.74) is 2.18. The second kappa shape index (κ2) is 12.2. The van der Waals surface area contributed by atoms with Gasteiger partial charge in [-0.05, 0) is 56.1 Å². The van der Waals surface area contributed by atoms with E-state index >= 15 is 0 Å². The van der Waals surface area contributed by atoms with Crippen molar-refractivity contribution < 1.29 is 22.3 Å². The minimum Gasteiger partial charge on any atom is -0.496 e. The molecular weight excluding hydrogens is 519 g/mol. The lowest BCUT2D eigenvalue weighted by Gasteiger charge is -2.35. The summed E-state index contributed by atoms with van der Waals surface area (Å²) in [6.45, 7) is 7.91. The fourth-order valence-corrected chi connectivity index (χ4v) is 5.78. The summed E-state index contributed by atoms with van der Waals surface area (Å²) in [5, 5.41) is 0. The Kier molecular flexibility index (Phi) is 8.78. The minimum atomic E-state index is -3.94. The zero-order chi connectivity index (χ0) is 28.0. The summed E-state index contributed by atoms with van der Waals surface area (Å²) in [5.74, 6) is 0.0440. The van der Waals surface area contributed by atoms with E-state index in [1.54, 1.807) is 65.6 Å². The molecule has 0 aromatic heterocycles. The molecule has 39 heavy (non-hydrogen) atoms. The molecule has 1 saturated heterocycles. The van der Waals surface area contributed by atoms with Crippen LogP contribution in [0.15, 0.2) is 76.6 Å². The van der Waals surface area contributed by atoms with Gasteiger partial charge in [0, 0.05) is 55.1 Å². The van der Waals surface area contributed by atoms with Gasteiger partial charge >= 0.3 is 0 Å². The average Bonchev–Trinajstić information content (AvgIpc) is 2.94. The number of hydrogen-bond acceptors (Lipinski definition) is 6. The van der Waals surface area contributed by atoms with E-state index in [9.17, 15) is 17.6 Å². The Bertz CT molecular complexity index is 1480. The van der Waals surface area contributed by atoms with Gasteiger partial charge in [-0.15, -0.1) is 0 Å². The maximum absolute atomic E-state index is 14.3. The summed E-state index contributed by atoms with van der Waals surface area (Å²) < 4.78 is 48.3. The first-order valence-corrected chi connectivity index (χ1v) is 13.9. The van der Waals surface area contributed by atoms with E-state index < -0.39 is 10.0 Å². The number of nitrogens with zero attached hydrogens (tertiary/aromatic N) is 3. The number of methoxy groups -OCH3 is 1. The Morgan fingerprint density at radius 3 is 2.41 bits per heavy atom. The SMILES string of the molecule is C=Nc1c(/C=C\C)cccc1S(=O)(=O)Nc1ccc(C(=O)N2CCN(Cc3c(F)cccc3OC)CC2)cc1. The molecule has 1 fully saturated rings. The van der Waals surface area contributed by atoms with Crippen LogP contribution in [-0.4, -0.2) is 64.1 Å². The number of nitrogens with one attached hydrogen (secondary N) is 1. The molecule has 4 rings (SSSR count). The second-order valence-electron chi connectivity index (χ2n) is 9.02. The number of amides is 1. The van der Waals surface area contributed by atoms with E-state index in [4.69, 9.17) is 4.74 Å². The van der Waals surface area contributed by atoms with Crippen LogP contribution in [0.1, 0.15) is 28.4 Å². The summed E-state index contributed by atoms with van der Waals surface area (Å²) in [6, 6.07) is 16.0. The van der Waals surface area contributed by atoms with Gasteiger partial charge in [0.25, 0.3) is 15.9 Å². The highest BCUT2D eigenvalue weighted by molar-refractivity contribution is 7.92. The van der Waals surface area contributed by atoms with Crippen molar-refractivity contribution in [2.24, 2.45) is 4.99 Å². The van der Waals surface area contributed by atoms with Crippen molar-refractivity contribution >= 4 is 40.1 Å². The molecule has 1 aliphatic heterocycles. The molecule has 3 aromatic rings. The van der Waals surface area contributed by atoms with Crippen molar-refractivity contribution in [3.63, 3.8) is 0 Å². The van der Waals surface area contributed by atoms with Gasteiger partial charge in [-0.3, -0.25) is 19.4 Å². The van der Waals surface area contributed by atoms with Gasteiger partial charge in [0.1, 0.15) is 16.5 Å². The molecule has 0 bridgehead atoms. The van der Waals surface area contributed by atoms with Gasteiger partial charge in [0.2, 0.25) is 0 Å². The molecule has 204 valence electrons. The van der Waals surface area contributed by atoms with Crippen molar-refractivity contribution in [2.45, 2.75) is 18.4 Å². The highest BCUT2D eigenvalue weighted by atomic mass is 32.2. The maximum atomic E-state index is 14.3. The molecular formula is C29H31FN4O4S. The van der Waals surface area contributed by atoms with Crippen LogP contribution in [0, 0.1) is 5.82 Å². The van der Waals surface area contributed by atoms with Crippen molar-refractivity contribution in [2.75, 3.05) is 38.0 Å². The first kappa shape index (κ1) is 28.0. The number of allylic oxidation sites excluding steroid dienone is 1. The molecule has 1 N–H and O–H groups in total. The van der Waals surface area contributed by atoms with Crippen LogP contribution >= 0.6 is 0 Å². The predicted molar refractivity (Wildman–Crippen MR) is 152 cm³/mol. The molecule has 0 unspecified atom stereocenters. The van der Waals surface area contributed by atoms with Crippen molar-refractivity contribution in [1.29, 1.82) is 0 Å². The van der Waals surface area contributed by atoms with Crippen molar-refractivity contribution in [1.82, 2.24) is 9.80 Å². The lowest BCUT2D eigenvalue weighted by Crippen LogP contribution is -2.48. The van der Waals surface area contributed by atoms with Crippen LogP contribution < -0.4 is 9.46 Å². The summed E-state index contributed by atoms with van der Waals surface area (Å²) in [7, 11) is -2.43. The lowest BCUT2D eigenvalue weighted by molar-refractivity contribution is 0.0626. The highest BCUT2D eigenvalue weighted by Crippen LogP contribution is 2.31. The number of ether oxygens (including phenoxy) is 1. The normalized spacial score (nSPS) is 14.4. The summed E-state index contributed by atoms with van der Waals surface area (Å²) >= 11 is 0. The van der Waals surface area contributed by atoms with E-state index in [0.717, 1.165) is 0 Å². The molecule has 3 aromatic carbocycles. The Balaban J connectivity index is 1.39. The van der Waals surface area contributed by atoms with Gasteiger partial charge < -0.3 is 9.64 Å². The average molecular weight is 551 g/mol. The molecule has 0 aliphatic carbocycles. The number of para-hydroxylation sites is 1. The third kappa shape index (κ3) is 6.35. The molecule has 10 heteroatoms. The first-order valence-electron chi connectivity index (χ1n) is 12.5. The van der Waals surface area contributed by atoms with Crippen LogP contribution in [-0.2, 0) is 16.6 Å². The van der Waals surface area contributed by atoms with E-state index in [2.05, 4.69) is 21.3 Å². The number of benzene rings is 3. The van der Waals surface area contributed by atoms with Crippen molar-refractivity contribution in [3.8, 4) is 5.75 Å². The molecule has 0 atom stereocenters. The van der Waals surface area contributed by atoms with Gasteiger partial charge in [-0.2, -0.15) is 0 Å². The third-order valence-electron chi connectivity index (χ3n) is 6.55. The Labute approximate surface area is 228 Å². The van der Waals surface area contributed by atoms with E-state index in [1.165, 1.54) is 19.2 Å². The molecule has 1 amide bonds. The van der Waals surface area contributed by atoms with Gasteiger partial charge in [-0.1, -0.05) is 30.4 Å². The number of sulfonamides is 1. The monoisotopic (exact) mass is 550 g/mol. The molecule has 1 heterocycles. The number of hydrogen-bond donors (Lipinski definition) is 1. The van der Waals surface area contributed by atoms with Crippen LogP contribution in [0.2, 0.25) is 0 Å². The predicted octanol–water partition coefficient (Wildman–Crippen LogP) is 4.96. The topological polar surface area (TPSA) is 91.3 Å². The summed E-state index contributed by atoms with van der Waals surface area (Å²) in [6.07, 6.45) is 3.56. The zero-order valence-corrected chi connectivity index (χ0v) is 22.7. The maximum Gasteiger partial charge on any atom is 0.264 e. The number of rotatable bonds is 9. The second-order valence-corrected chi connectivity index (χ2v) is 10.7. The molecule has 8 nitrogen and oxygen atoms in total. The number of carbonyl (C=O) groups excluding carboxylic acids is 1. The summed E-state index contributed by atoms with van der Waals surface area (Å²) in [4.78, 5) is 20.8. The minimum absolute atomic E-state index is 0.0131. The van der Waals surface area contributed by atoms with Gasteiger partial charge in [0.15, 0.2) is 0 Å². The fraction of sp³-hybridized carbons (Fsp3) is 0.241. The van der Waals surface area contributed by atoms with Gasteiger partial charge in [-0.25, -0.2) is 12.8 Å². The third-order valence-corrected chi connectivity index (χ3v) is 7.96. The van der Waals surface area contributed by atoms with Crippen LogP contribution in [0.3, 0.4) is 0 Å². The Morgan fingerprint density at radius 2 is 1.77 bits per heavy atom. The number of anilines is 1. The van der Waals surface area contributed by atoms with E-state index in [-0.39, 0.29) is 22.3 Å². The van der Waals surface area contributed by atoms with Gasteiger partial charge in [0.05, 0.1) is 12.8 Å². The Hall–Kier alpha value is -4.02. The highest BCUT2D eigenvalue weighted by Gasteiger charge is 2.24. The molecule has 0 radical (unpaired) electrons. The van der Waals surface area contributed by atoms with Crippen LogP contribution in [0.5, 0.6) is 5.75 Å². The first-order chi connectivity index (χ1) is 18.8. The zero-order valence-electron chi connectivity index (χ0n) is 21.9. The quantitative estimate of drug-likeness (QED) is 0.381. The van der Waals surface area contributed by atoms with E-state index in [1.807, 2.05) is 6.92 Å². The van der Waals surface area contributed by atoms with Crippen molar-refractivity contribution in [3.05, 3.63) is 89.2 Å². The van der Waals surface area contributed by atoms with E-state index in [0.29, 0.717) is 60.9 Å². The smallest absolute Gasteiger partial charge is 0.264 e. The number of halogens is 1. The lowest BCUT2D eigenvalue weighted by atomic mass is 10.1. The van der Waals surface area contributed by atoms with Crippen LogP contribution in [0.4, 0.5) is 15.8 Å².